The lowest BCUT2D eigenvalue weighted by atomic mass is 9.89. The number of amides is 1. The Morgan fingerprint density at radius 1 is 1.23 bits per heavy atom. The maximum absolute atomic E-state index is 13.1. The lowest BCUT2D eigenvalue weighted by molar-refractivity contribution is -0.129. The Labute approximate surface area is 181 Å². The number of carbonyl (C=O) groups is 1. The quantitative estimate of drug-likeness (QED) is 0.629. The van der Waals surface area contributed by atoms with Crippen molar-refractivity contribution >= 4 is 28.4 Å². The third kappa shape index (κ3) is 4.10. The number of aryl methyl sites for hydroxylation is 1. The number of nitrogen functional groups attached to an aromatic ring is 1. The fraction of sp³-hybridized carbons (Fsp3) is 0.391. The lowest BCUT2D eigenvalue weighted by Gasteiger charge is -2.31. The van der Waals surface area contributed by atoms with Gasteiger partial charge in [0.25, 0.3) is 5.56 Å². The molecule has 1 amide bonds. The molecular formula is C23H28N6O2. The van der Waals surface area contributed by atoms with Crippen LogP contribution in [0.1, 0.15) is 49.8 Å². The average Bonchev–Trinajstić information content (AvgIpc) is 2.76. The second-order valence-corrected chi connectivity index (χ2v) is 8.24. The van der Waals surface area contributed by atoms with Crippen molar-refractivity contribution < 1.29 is 4.79 Å². The number of nitrogens with two attached hydrogens (primary N) is 1. The van der Waals surface area contributed by atoms with Crippen LogP contribution in [-0.2, 0) is 11.8 Å². The zero-order valence-electron chi connectivity index (χ0n) is 18.1. The molecule has 3 heterocycles. The van der Waals surface area contributed by atoms with E-state index in [1.807, 2.05) is 42.2 Å². The highest BCUT2D eigenvalue weighted by molar-refractivity contribution is 5.87. The molecule has 0 saturated carbocycles. The minimum absolute atomic E-state index is 0.0268. The van der Waals surface area contributed by atoms with Crippen LogP contribution in [-0.4, -0.2) is 38.4 Å². The van der Waals surface area contributed by atoms with Crippen LogP contribution < -0.4 is 16.6 Å². The molecule has 1 atom stereocenters. The largest absolute Gasteiger partial charge is 0.399 e. The second-order valence-electron chi connectivity index (χ2n) is 8.24. The number of aromatic nitrogens is 3. The van der Waals surface area contributed by atoms with Crippen LogP contribution in [0.15, 0.2) is 41.5 Å². The standard InChI is InChI=1S/C23H28N6O2/c1-14(17-5-4-6-18(24)11-17)27-21-20-12-19(16-7-9-29(10-8-16)15(2)30)23(31)28(3)22(20)26-13-25-21/h4-6,11-14,16H,7-10,24H2,1-3H3,(H,25,26,27)/t14-/m1/s1. The van der Waals surface area contributed by atoms with E-state index in [2.05, 4.69) is 15.3 Å². The first-order valence-corrected chi connectivity index (χ1v) is 10.6. The third-order valence-corrected chi connectivity index (χ3v) is 6.18. The SMILES string of the molecule is CC(=O)N1CCC(c2cc3c(N[C@H](C)c4cccc(N)c4)ncnc3n(C)c2=O)CC1. The summed E-state index contributed by atoms with van der Waals surface area (Å²) in [4.78, 5) is 35.4. The number of nitrogens with zero attached hydrogens (tertiary/aromatic N) is 4. The highest BCUT2D eigenvalue weighted by Crippen LogP contribution is 2.30. The summed E-state index contributed by atoms with van der Waals surface area (Å²) >= 11 is 0. The molecule has 31 heavy (non-hydrogen) atoms. The number of nitrogens with one attached hydrogen (secondary N) is 1. The van der Waals surface area contributed by atoms with Crippen LogP contribution >= 0.6 is 0 Å². The Balaban J connectivity index is 1.70. The minimum Gasteiger partial charge on any atom is -0.399 e. The molecule has 1 fully saturated rings. The van der Waals surface area contributed by atoms with Gasteiger partial charge in [0.2, 0.25) is 5.91 Å². The number of hydrogen-bond donors (Lipinski definition) is 2. The predicted molar refractivity (Wildman–Crippen MR) is 122 cm³/mol. The van der Waals surface area contributed by atoms with Crippen molar-refractivity contribution in [1.82, 2.24) is 19.4 Å². The predicted octanol–water partition coefficient (Wildman–Crippen LogP) is 2.81. The average molecular weight is 421 g/mol. The number of hydrogen-bond acceptors (Lipinski definition) is 6. The third-order valence-electron chi connectivity index (χ3n) is 6.18. The van der Waals surface area contributed by atoms with Crippen LogP contribution in [0.5, 0.6) is 0 Å². The smallest absolute Gasteiger partial charge is 0.255 e. The summed E-state index contributed by atoms with van der Waals surface area (Å²) in [7, 11) is 1.75. The van der Waals surface area contributed by atoms with Gasteiger partial charge in [-0.3, -0.25) is 14.2 Å². The van der Waals surface area contributed by atoms with Gasteiger partial charge in [-0.1, -0.05) is 12.1 Å². The number of likely N-dealkylation sites (tertiary alicyclic amines) is 1. The molecule has 1 aromatic carbocycles. The number of pyridine rings is 1. The fourth-order valence-electron chi connectivity index (χ4n) is 4.32. The summed E-state index contributed by atoms with van der Waals surface area (Å²) in [5.41, 5.74) is 9.00. The number of benzene rings is 1. The van der Waals surface area contributed by atoms with E-state index in [0.29, 0.717) is 30.2 Å². The van der Waals surface area contributed by atoms with E-state index in [1.165, 1.54) is 6.33 Å². The summed E-state index contributed by atoms with van der Waals surface area (Å²) in [6, 6.07) is 9.64. The first kappa shape index (κ1) is 20.8. The van der Waals surface area contributed by atoms with Gasteiger partial charge < -0.3 is 16.0 Å². The zero-order valence-corrected chi connectivity index (χ0v) is 18.1. The fourth-order valence-corrected chi connectivity index (χ4v) is 4.32. The molecule has 8 heteroatoms. The van der Waals surface area contributed by atoms with Crippen molar-refractivity contribution in [2.24, 2.45) is 7.05 Å². The van der Waals surface area contributed by atoms with Crippen molar-refractivity contribution in [3.05, 3.63) is 58.1 Å². The molecule has 3 aromatic rings. The maximum atomic E-state index is 13.1. The molecule has 1 aliphatic rings. The number of piperidine rings is 1. The molecule has 8 nitrogen and oxygen atoms in total. The van der Waals surface area contributed by atoms with Gasteiger partial charge in [-0.15, -0.1) is 0 Å². The van der Waals surface area contributed by atoms with Gasteiger partial charge in [0.1, 0.15) is 17.8 Å². The van der Waals surface area contributed by atoms with Gasteiger partial charge >= 0.3 is 0 Å². The van der Waals surface area contributed by atoms with E-state index in [9.17, 15) is 9.59 Å². The number of fused-ring (bicyclic) bond motifs is 1. The molecule has 0 spiro atoms. The zero-order chi connectivity index (χ0) is 22.1. The van der Waals surface area contributed by atoms with E-state index in [4.69, 9.17) is 5.73 Å². The second kappa shape index (κ2) is 8.37. The summed E-state index contributed by atoms with van der Waals surface area (Å²) in [5.74, 6) is 0.872. The molecule has 1 saturated heterocycles. The molecule has 0 unspecified atom stereocenters. The molecule has 0 aliphatic carbocycles. The van der Waals surface area contributed by atoms with Gasteiger partial charge in [-0.2, -0.15) is 0 Å². The summed E-state index contributed by atoms with van der Waals surface area (Å²) in [6.45, 7) is 4.98. The highest BCUT2D eigenvalue weighted by atomic mass is 16.2. The molecule has 0 bridgehead atoms. The number of anilines is 2. The minimum atomic E-state index is -0.0395. The van der Waals surface area contributed by atoms with Crippen LogP contribution in [0, 0.1) is 0 Å². The topological polar surface area (TPSA) is 106 Å². The Hall–Kier alpha value is -3.42. The van der Waals surface area contributed by atoms with E-state index in [-0.39, 0.29) is 23.4 Å². The van der Waals surface area contributed by atoms with Crippen molar-refractivity contribution in [1.29, 1.82) is 0 Å². The molecule has 0 radical (unpaired) electrons. The Morgan fingerprint density at radius 2 is 1.97 bits per heavy atom. The Bertz CT molecular complexity index is 1180. The van der Waals surface area contributed by atoms with Crippen LogP contribution in [0.2, 0.25) is 0 Å². The summed E-state index contributed by atoms with van der Waals surface area (Å²) in [6.07, 6.45) is 3.02. The highest BCUT2D eigenvalue weighted by Gasteiger charge is 2.25. The first-order chi connectivity index (χ1) is 14.8. The number of carbonyl (C=O) groups excluding carboxylic acids is 1. The normalized spacial score (nSPS) is 15.8. The monoisotopic (exact) mass is 420 g/mol. The Morgan fingerprint density at radius 3 is 2.65 bits per heavy atom. The van der Waals surface area contributed by atoms with Crippen LogP contribution in [0.3, 0.4) is 0 Å². The molecular weight excluding hydrogens is 392 g/mol. The number of rotatable bonds is 4. The van der Waals surface area contributed by atoms with Gasteiger partial charge in [0.05, 0.1) is 11.4 Å². The van der Waals surface area contributed by atoms with E-state index in [0.717, 1.165) is 29.4 Å². The van der Waals surface area contributed by atoms with Crippen molar-refractivity contribution in [3.63, 3.8) is 0 Å². The maximum Gasteiger partial charge on any atom is 0.255 e. The Kier molecular flexibility index (Phi) is 5.63. The van der Waals surface area contributed by atoms with Gasteiger partial charge in [-0.25, -0.2) is 9.97 Å². The van der Waals surface area contributed by atoms with Gasteiger partial charge in [-0.05, 0) is 49.4 Å². The van der Waals surface area contributed by atoms with E-state index >= 15 is 0 Å². The van der Waals surface area contributed by atoms with E-state index < -0.39 is 0 Å². The summed E-state index contributed by atoms with van der Waals surface area (Å²) < 4.78 is 1.60. The van der Waals surface area contributed by atoms with Crippen LogP contribution in [0.25, 0.3) is 11.0 Å². The van der Waals surface area contributed by atoms with Crippen molar-refractivity contribution in [2.75, 3.05) is 24.1 Å². The van der Waals surface area contributed by atoms with Gasteiger partial charge in [0, 0.05) is 38.3 Å². The van der Waals surface area contributed by atoms with E-state index in [1.54, 1.807) is 18.5 Å². The molecule has 2 aromatic heterocycles. The molecule has 1 aliphatic heterocycles. The van der Waals surface area contributed by atoms with Gasteiger partial charge in [0.15, 0.2) is 0 Å². The molecule has 162 valence electrons. The first-order valence-electron chi connectivity index (χ1n) is 10.6. The lowest BCUT2D eigenvalue weighted by Crippen LogP contribution is -2.38. The van der Waals surface area contributed by atoms with Crippen LogP contribution in [0.4, 0.5) is 11.5 Å². The summed E-state index contributed by atoms with van der Waals surface area (Å²) in [5, 5.41) is 4.26. The molecule has 3 N–H and O–H groups in total. The van der Waals surface area contributed by atoms with Crippen molar-refractivity contribution in [3.8, 4) is 0 Å². The van der Waals surface area contributed by atoms with Crippen molar-refractivity contribution in [2.45, 2.75) is 38.6 Å². The molecule has 4 rings (SSSR count).